The van der Waals surface area contributed by atoms with E-state index in [4.69, 9.17) is 4.74 Å². The Balaban J connectivity index is 1.92. The van der Waals surface area contributed by atoms with Gasteiger partial charge in [-0.3, -0.25) is 4.79 Å². The van der Waals surface area contributed by atoms with Gasteiger partial charge in [0.05, 0.1) is 12.6 Å². The van der Waals surface area contributed by atoms with E-state index in [0.717, 1.165) is 18.7 Å². The van der Waals surface area contributed by atoms with Gasteiger partial charge < -0.3 is 9.64 Å². The maximum atomic E-state index is 11.7. The normalized spacial score (nSPS) is 26.2. The van der Waals surface area contributed by atoms with Gasteiger partial charge in [-0.25, -0.2) is 0 Å². The molecule has 2 aliphatic rings. The lowest BCUT2D eigenvalue weighted by Crippen LogP contribution is -2.50. The molecule has 0 saturated carbocycles. The van der Waals surface area contributed by atoms with Gasteiger partial charge in [0, 0.05) is 18.7 Å². The summed E-state index contributed by atoms with van der Waals surface area (Å²) >= 11 is 0. The molecule has 1 aliphatic heterocycles. The van der Waals surface area contributed by atoms with E-state index in [0.29, 0.717) is 6.42 Å². The zero-order valence-electron chi connectivity index (χ0n) is 11.3. The largest absolute Gasteiger partial charge is 0.497 e. The minimum absolute atomic E-state index is 0.0794. The van der Waals surface area contributed by atoms with Crippen molar-refractivity contribution in [2.45, 2.75) is 31.2 Å². The Bertz CT molecular complexity index is 506. The number of nitrogens with zero attached hydrogens (tertiary/aromatic N) is 1. The van der Waals surface area contributed by atoms with Crippen molar-refractivity contribution in [2.75, 3.05) is 18.6 Å². The first-order valence-electron chi connectivity index (χ1n) is 6.87. The van der Waals surface area contributed by atoms with E-state index in [9.17, 15) is 4.79 Å². The standard InChI is InChI=1S/C16H19NO2/c1-19-15-6-4-13(5-7-15)17-11-3-2-9-16(17)10-8-14(18)12-16/h4-8,10H,2-3,9,11-12H2,1H3. The molecule has 1 atom stereocenters. The summed E-state index contributed by atoms with van der Waals surface area (Å²) in [5, 5.41) is 0. The van der Waals surface area contributed by atoms with Gasteiger partial charge in [0.2, 0.25) is 0 Å². The number of carbonyl (C=O) groups excluding carboxylic acids is 1. The van der Waals surface area contributed by atoms with Gasteiger partial charge in [-0.05, 0) is 49.6 Å². The number of carbonyl (C=O) groups is 1. The molecule has 1 saturated heterocycles. The van der Waals surface area contributed by atoms with Gasteiger partial charge in [-0.2, -0.15) is 0 Å². The Hall–Kier alpha value is -1.77. The van der Waals surface area contributed by atoms with Crippen LogP contribution >= 0.6 is 0 Å². The van der Waals surface area contributed by atoms with Gasteiger partial charge in [0.1, 0.15) is 5.75 Å². The highest BCUT2D eigenvalue weighted by Crippen LogP contribution is 2.39. The Morgan fingerprint density at radius 1 is 1.21 bits per heavy atom. The number of piperidine rings is 1. The highest BCUT2D eigenvalue weighted by atomic mass is 16.5. The summed E-state index contributed by atoms with van der Waals surface area (Å²) in [6, 6.07) is 8.14. The van der Waals surface area contributed by atoms with Crippen molar-refractivity contribution in [1.82, 2.24) is 0 Å². The second kappa shape index (κ2) is 4.72. The average molecular weight is 257 g/mol. The number of anilines is 1. The summed E-state index contributed by atoms with van der Waals surface area (Å²) < 4.78 is 5.20. The number of rotatable bonds is 2. The fraction of sp³-hybridized carbons (Fsp3) is 0.438. The monoisotopic (exact) mass is 257 g/mol. The molecule has 19 heavy (non-hydrogen) atoms. The summed E-state index contributed by atoms with van der Waals surface area (Å²) in [5.41, 5.74) is 1.10. The third kappa shape index (κ3) is 2.14. The van der Waals surface area contributed by atoms with Crippen LogP contribution in [-0.4, -0.2) is 25.0 Å². The quantitative estimate of drug-likeness (QED) is 0.815. The van der Waals surface area contributed by atoms with Crippen LogP contribution in [0.5, 0.6) is 5.75 Å². The lowest BCUT2D eigenvalue weighted by Gasteiger charge is -2.45. The number of methoxy groups -OCH3 is 1. The number of allylic oxidation sites excluding steroid dienone is 1. The average Bonchev–Trinajstić information content (AvgIpc) is 2.81. The van der Waals surface area contributed by atoms with Crippen LogP contribution in [0, 0.1) is 0 Å². The Morgan fingerprint density at radius 2 is 2.00 bits per heavy atom. The van der Waals surface area contributed by atoms with Crippen LogP contribution in [0.4, 0.5) is 5.69 Å². The van der Waals surface area contributed by atoms with Crippen LogP contribution in [-0.2, 0) is 4.79 Å². The van der Waals surface area contributed by atoms with Crippen LogP contribution in [0.1, 0.15) is 25.7 Å². The topological polar surface area (TPSA) is 29.5 Å². The molecule has 0 aromatic heterocycles. The van der Waals surface area contributed by atoms with E-state index in [1.54, 1.807) is 13.2 Å². The van der Waals surface area contributed by atoms with Crippen LogP contribution in [0.2, 0.25) is 0 Å². The number of hydrogen-bond donors (Lipinski definition) is 0. The first-order chi connectivity index (χ1) is 9.23. The lowest BCUT2D eigenvalue weighted by atomic mass is 9.85. The van der Waals surface area contributed by atoms with Gasteiger partial charge in [0.25, 0.3) is 0 Å². The molecule has 0 N–H and O–H groups in total. The molecule has 1 fully saturated rings. The SMILES string of the molecule is COc1ccc(N2CCCCC23C=CC(=O)C3)cc1. The Morgan fingerprint density at radius 3 is 2.63 bits per heavy atom. The molecule has 100 valence electrons. The van der Waals surface area contributed by atoms with Crippen molar-refractivity contribution in [1.29, 1.82) is 0 Å². The summed E-state index contributed by atoms with van der Waals surface area (Å²) in [4.78, 5) is 14.0. The fourth-order valence-electron chi connectivity index (χ4n) is 3.23. The molecule has 1 aliphatic carbocycles. The molecule has 1 aromatic carbocycles. The Labute approximate surface area is 113 Å². The van der Waals surface area contributed by atoms with Crippen LogP contribution < -0.4 is 9.64 Å². The van der Waals surface area contributed by atoms with Crippen LogP contribution in [0.25, 0.3) is 0 Å². The maximum absolute atomic E-state index is 11.7. The Kier molecular flexibility index (Phi) is 3.05. The summed E-state index contributed by atoms with van der Waals surface area (Å²) in [5.74, 6) is 1.12. The van der Waals surface area contributed by atoms with E-state index in [-0.39, 0.29) is 11.3 Å². The summed E-state index contributed by atoms with van der Waals surface area (Å²) in [6.45, 7) is 1.02. The van der Waals surface area contributed by atoms with Gasteiger partial charge in [0.15, 0.2) is 5.78 Å². The number of ketones is 1. The zero-order valence-corrected chi connectivity index (χ0v) is 11.3. The first-order valence-corrected chi connectivity index (χ1v) is 6.87. The smallest absolute Gasteiger partial charge is 0.158 e. The molecule has 3 rings (SSSR count). The number of benzene rings is 1. The molecular weight excluding hydrogens is 238 g/mol. The van der Waals surface area contributed by atoms with Crippen molar-refractivity contribution in [3.8, 4) is 5.75 Å². The molecule has 1 aromatic rings. The van der Waals surface area contributed by atoms with Crippen molar-refractivity contribution in [2.24, 2.45) is 0 Å². The predicted octanol–water partition coefficient (Wildman–Crippen LogP) is 2.95. The minimum atomic E-state index is -0.0794. The lowest BCUT2D eigenvalue weighted by molar-refractivity contribution is -0.114. The minimum Gasteiger partial charge on any atom is -0.497 e. The van der Waals surface area contributed by atoms with E-state index < -0.39 is 0 Å². The fourth-order valence-corrected chi connectivity index (χ4v) is 3.23. The van der Waals surface area contributed by atoms with Crippen molar-refractivity contribution >= 4 is 11.5 Å². The van der Waals surface area contributed by atoms with E-state index in [1.807, 2.05) is 12.1 Å². The van der Waals surface area contributed by atoms with Gasteiger partial charge in [-0.1, -0.05) is 6.08 Å². The highest BCUT2D eigenvalue weighted by Gasteiger charge is 2.41. The molecule has 1 heterocycles. The van der Waals surface area contributed by atoms with Gasteiger partial charge >= 0.3 is 0 Å². The number of ether oxygens (including phenoxy) is 1. The predicted molar refractivity (Wildman–Crippen MR) is 75.7 cm³/mol. The first kappa shape index (κ1) is 12.3. The van der Waals surface area contributed by atoms with Crippen molar-refractivity contribution in [3.05, 3.63) is 36.4 Å². The third-order valence-electron chi connectivity index (χ3n) is 4.22. The van der Waals surface area contributed by atoms with Crippen LogP contribution in [0.15, 0.2) is 36.4 Å². The molecule has 0 radical (unpaired) electrons. The van der Waals surface area contributed by atoms with Crippen molar-refractivity contribution in [3.63, 3.8) is 0 Å². The highest BCUT2D eigenvalue weighted by molar-refractivity contribution is 5.94. The maximum Gasteiger partial charge on any atom is 0.158 e. The summed E-state index contributed by atoms with van der Waals surface area (Å²) in [7, 11) is 1.68. The molecular formula is C16H19NO2. The second-order valence-corrected chi connectivity index (χ2v) is 5.39. The number of hydrogen-bond acceptors (Lipinski definition) is 3. The zero-order chi connectivity index (χ0) is 13.3. The molecule has 3 heteroatoms. The molecule has 0 bridgehead atoms. The van der Waals surface area contributed by atoms with Gasteiger partial charge in [-0.15, -0.1) is 0 Å². The van der Waals surface area contributed by atoms with Crippen LogP contribution in [0.3, 0.4) is 0 Å². The molecule has 3 nitrogen and oxygen atoms in total. The third-order valence-corrected chi connectivity index (χ3v) is 4.22. The van der Waals surface area contributed by atoms with E-state index in [1.165, 1.54) is 18.5 Å². The second-order valence-electron chi connectivity index (χ2n) is 5.39. The van der Waals surface area contributed by atoms with E-state index >= 15 is 0 Å². The molecule has 1 unspecified atom stereocenters. The van der Waals surface area contributed by atoms with E-state index in [2.05, 4.69) is 23.1 Å². The van der Waals surface area contributed by atoms with Crippen molar-refractivity contribution < 1.29 is 9.53 Å². The summed E-state index contributed by atoms with van der Waals surface area (Å²) in [6.07, 6.45) is 7.95. The molecule has 0 amide bonds. The molecule has 1 spiro atoms.